The maximum absolute atomic E-state index is 13.0. The van der Waals surface area contributed by atoms with Crippen molar-refractivity contribution < 1.29 is 14.0 Å². The molecule has 0 bridgehead atoms. The second-order valence-corrected chi connectivity index (χ2v) is 9.02. The van der Waals surface area contributed by atoms with Gasteiger partial charge in [-0.15, -0.1) is 0 Å². The Morgan fingerprint density at radius 1 is 1.06 bits per heavy atom. The molecule has 2 aliphatic rings. The molecule has 0 radical (unpaired) electrons. The molecule has 2 saturated heterocycles. The highest BCUT2D eigenvalue weighted by molar-refractivity contribution is 6.09. The molecule has 0 unspecified atom stereocenters. The third-order valence-electron chi connectivity index (χ3n) is 6.92. The van der Waals surface area contributed by atoms with E-state index in [1.54, 1.807) is 11.0 Å². The molecular weight excluding hydrogens is 418 g/mol. The van der Waals surface area contributed by atoms with Crippen LogP contribution in [0, 0.1) is 6.92 Å². The summed E-state index contributed by atoms with van der Waals surface area (Å²) in [5.41, 5.74) is 8.25. The van der Waals surface area contributed by atoms with Gasteiger partial charge < -0.3 is 20.4 Å². The lowest BCUT2D eigenvalue weighted by Crippen LogP contribution is -2.43. The lowest BCUT2D eigenvalue weighted by Gasteiger charge is -2.36. The number of amides is 3. The summed E-state index contributed by atoms with van der Waals surface area (Å²) in [6.07, 6.45) is 3.23. The van der Waals surface area contributed by atoms with Crippen LogP contribution < -0.4 is 11.1 Å². The maximum atomic E-state index is 13.0. The van der Waals surface area contributed by atoms with Gasteiger partial charge in [0.05, 0.1) is 5.39 Å². The van der Waals surface area contributed by atoms with Crippen LogP contribution in [0.15, 0.2) is 46.9 Å². The van der Waals surface area contributed by atoms with Gasteiger partial charge in [0, 0.05) is 24.8 Å². The molecule has 8 nitrogen and oxygen atoms in total. The first-order valence-corrected chi connectivity index (χ1v) is 11.5. The molecule has 4 heterocycles. The number of nitrogens with two attached hydrogens (primary N) is 1. The first kappa shape index (κ1) is 21.5. The van der Waals surface area contributed by atoms with E-state index in [2.05, 4.69) is 45.5 Å². The number of carbonyl (C=O) groups excluding carboxylic acids is 2. The number of hydrogen-bond acceptors (Lipinski definition) is 5. The van der Waals surface area contributed by atoms with Crippen LogP contribution in [0.4, 0.5) is 10.5 Å². The van der Waals surface area contributed by atoms with E-state index in [0.29, 0.717) is 41.8 Å². The minimum absolute atomic E-state index is 0.0739. The maximum Gasteiger partial charge on any atom is 0.322 e. The molecule has 8 heteroatoms. The van der Waals surface area contributed by atoms with Gasteiger partial charge in [-0.05, 0) is 62.9 Å². The van der Waals surface area contributed by atoms with Crippen LogP contribution in [0.5, 0.6) is 0 Å². The number of anilines is 1. The van der Waals surface area contributed by atoms with E-state index in [-0.39, 0.29) is 11.8 Å². The molecule has 0 aliphatic carbocycles. The zero-order valence-electron chi connectivity index (χ0n) is 18.8. The Morgan fingerprint density at radius 2 is 1.82 bits per heavy atom. The third-order valence-corrected chi connectivity index (χ3v) is 6.92. The summed E-state index contributed by atoms with van der Waals surface area (Å²) in [5.74, 6) is -0.196. The minimum Gasteiger partial charge on any atom is -0.430 e. The first-order valence-electron chi connectivity index (χ1n) is 11.5. The fourth-order valence-electron chi connectivity index (χ4n) is 5.10. The lowest BCUT2D eigenvalue weighted by atomic mass is 9.89. The summed E-state index contributed by atoms with van der Waals surface area (Å²) < 4.78 is 5.54. The standard InChI is InChI=1S/C25H29N5O3/c1-16-7-8-20-21(22(23(26)31)33-24(20)27-16)28-25(32)30-14-11-19(15-30)29-12-9-18(10-13-29)17-5-3-2-4-6-17/h2-8,18-19H,9-15H2,1H3,(H2,26,31)(H,28,32)/t19-/m1/s1. The van der Waals surface area contributed by atoms with Gasteiger partial charge in [0.25, 0.3) is 5.91 Å². The van der Waals surface area contributed by atoms with Crippen LogP contribution in [0.3, 0.4) is 0 Å². The second-order valence-electron chi connectivity index (χ2n) is 9.02. The number of nitrogens with one attached hydrogen (secondary N) is 1. The van der Waals surface area contributed by atoms with Crippen LogP contribution in [0.1, 0.15) is 47.0 Å². The van der Waals surface area contributed by atoms with Crippen molar-refractivity contribution in [1.82, 2.24) is 14.8 Å². The summed E-state index contributed by atoms with van der Waals surface area (Å²) in [6, 6.07) is 14.4. The largest absolute Gasteiger partial charge is 0.430 e. The molecule has 3 amide bonds. The second kappa shape index (κ2) is 8.86. The summed E-state index contributed by atoms with van der Waals surface area (Å²) in [5, 5.41) is 3.43. The van der Waals surface area contributed by atoms with Crippen molar-refractivity contribution in [2.45, 2.75) is 38.1 Å². The third kappa shape index (κ3) is 4.30. The number of aryl methyl sites for hydroxylation is 1. The number of hydrogen-bond donors (Lipinski definition) is 2. The SMILES string of the molecule is Cc1ccc2c(NC(=O)N3CC[C@@H](N4CCC(c5ccccc5)CC4)C3)c(C(N)=O)oc2n1. The highest BCUT2D eigenvalue weighted by Crippen LogP contribution is 2.32. The van der Waals surface area contributed by atoms with Gasteiger partial charge in [0.15, 0.2) is 0 Å². The predicted octanol–water partition coefficient (Wildman–Crippen LogP) is 3.72. The van der Waals surface area contributed by atoms with Gasteiger partial charge in [-0.25, -0.2) is 9.78 Å². The van der Waals surface area contributed by atoms with Crippen LogP contribution in [0.2, 0.25) is 0 Å². The monoisotopic (exact) mass is 447 g/mol. The Kier molecular flexibility index (Phi) is 5.76. The van der Waals surface area contributed by atoms with Crippen LogP contribution in [-0.4, -0.2) is 58.9 Å². The van der Waals surface area contributed by atoms with Crippen molar-refractivity contribution >= 4 is 28.7 Å². The summed E-state index contributed by atoms with van der Waals surface area (Å²) in [4.78, 5) is 33.6. The van der Waals surface area contributed by atoms with Gasteiger partial charge in [0.2, 0.25) is 11.5 Å². The number of aromatic nitrogens is 1. The molecule has 5 rings (SSSR count). The fraction of sp³-hybridized carbons (Fsp3) is 0.400. The normalized spacial score (nSPS) is 19.8. The number of primary amides is 1. The van der Waals surface area contributed by atoms with E-state index in [9.17, 15) is 9.59 Å². The Balaban J connectivity index is 1.22. The van der Waals surface area contributed by atoms with E-state index < -0.39 is 5.91 Å². The average Bonchev–Trinajstić information content (AvgIpc) is 3.45. The van der Waals surface area contributed by atoms with Crippen molar-refractivity contribution in [2.24, 2.45) is 5.73 Å². The molecule has 33 heavy (non-hydrogen) atoms. The molecular formula is C25H29N5O3. The molecule has 0 spiro atoms. The quantitative estimate of drug-likeness (QED) is 0.634. The van der Waals surface area contributed by atoms with E-state index >= 15 is 0 Å². The highest BCUT2D eigenvalue weighted by Gasteiger charge is 2.33. The molecule has 3 N–H and O–H groups in total. The molecule has 172 valence electrons. The van der Waals surface area contributed by atoms with E-state index in [4.69, 9.17) is 10.2 Å². The molecule has 2 aromatic heterocycles. The first-order chi connectivity index (χ1) is 16.0. The van der Waals surface area contributed by atoms with Crippen LogP contribution in [0.25, 0.3) is 11.1 Å². The Hall–Kier alpha value is -3.39. The number of urea groups is 1. The Bertz CT molecular complexity index is 1170. The van der Waals surface area contributed by atoms with Crippen LogP contribution >= 0.6 is 0 Å². The summed E-state index contributed by atoms with van der Waals surface area (Å²) in [6.45, 7) is 5.26. The zero-order valence-corrected chi connectivity index (χ0v) is 18.8. The van der Waals surface area contributed by atoms with Gasteiger partial charge >= 0.3 is 6.03 Å². The van der Waals surface area contributed by atoms with Gasteiger partial charge in [-0.2, -0.15) is 0 Å². The van der Waals surface area contributed by atoms with E-state index in [1.165, 1.54) is 5.56 Å². The fourth-order valence-corrected chi connectivity index (χ4v) is 5.10. The molecule has 2 aliphatic heterocycles. The van der Waals surface area contributed by atoms with Gasteiger partial charge in [-0.1, -0.05) is 30.3 Å². The number of carbonyl (C=O) groups is 2. The number of fused-ring (bicyclic) bond motifs is 1. The van der Waals surface area contributed by atoms with Crippen molar-refractivity contribution in [3.05, 3.63) is 59.5 Å². The smallest absolute Gasteiger partial charge is 0.322 e. The van der Waals surface area contributed by atoms with Crippen molar-refractivity contribution in [3.8, 4) is 0 Å². The number of pyridine rings is 1. The van der Waals surface area contributed by atoms with Gasteiger partial charge in [-0.3, -0.25) is 9.69 Å². The summed E-state index contributed by atoms with van der Waals surface area (Å²) >= 11 is 0. The molecule has 1 atom stereocenters. The zero-order chi connectivity index (χ0) is 22.9. The number of likely N-dealkylation sites (tertiary alicyclic amines) is 2. The predicted molar refractivity (Wildman–Crippen MR) is 126 cm³/mol. The number of piperidine rings is 1. The van der Waals surface area contributed by atoms with E-state index in [1.807, 2.05) is 13.0 Å². The Labute approximate surface area is 192 Å². The average molecular weight is 448 g/mol. The van der Waals surface area contributed by atoms with Crippen molar-refractivity contribution in [1.29, 1.82) is 0 Å². The summed E-state index contributed by atoms with van der Waals surface area (Å²) in [7, 11) is 0. The van der Waals surface area contributed by atoms with Crippen molar-refractivity contribution in [3.63, 3.8) is 0 Å². The van der Waals surface area contributed by atoms with E-state index in [0.717, 1.165) is 38.0 Å². The minimum atomic E-state index is -0.735. The lowest BCUT2D eigenvalue weighted by molar-refractivity contribution is 0.0977. The number of furan rings is 1. The van der Waals surface area contributed by atoms with Crippen LogP contribution in [-0.2, 0) is 0 Å². The number of benzene rings is 1. The molecule has 2 fully saturated rings. The molecule has 0 saturated carbocycles. The van der Waals surface area contributed by atoms with Crippen molar-refractivity contribution in [2.75, 3.05) is 31.5 Å². The number of nitrogens with zero attached hydrogens (tertiary/aromatic N) is 3. The highest BCUT2D eigenvalue weighted by atomic mass is 16.4. The number of rotatable bonds is 4. The Morgan fingerprint density at radius 3 is 2.55 bits per heavy atom. The molecule has 1 aromatic carbocycles. The molecule has 3 aromatic rings. The van der Waals surface area contributed by atoms with Gasteiger partial charge in [0.1, 0.15) is 5.69 Å². The topological polar surface area (TPSA) is 105 Å².